The predicted octanol–water partition coefficient (Wildman–Crippen LogP) is 3.87. The van der Waals surface area contributed by atoms with Gasteiger partial charge in [0.25, 0.3) is 5.56 Å². The van der Waals surface area contributed by atoms with Crippen LogP contribution in [0.3, 0.4) is 0 Å². The van der Waals surface area contributed by atoms with Gasteiger partial charge in [0.05, 0.1) is 16.6 Å². The lowest BCUT2D eigenvalue weighted by molar-refractivity contribution is -0.139. The van der Waals surface area contributed by atoms with Crippen LogP contribution in [0, 0.1) is 12.7 Å². The van der Waals surface area contributed by atoms with E-state index in [2.05, 4.69) is 20.6 Å². The van der Waals surface area contributed by atoms with E-state index in [0.29, 0.717) is 29.0 Å². The number of aryl methyl sites for hydroxylation is 1. The minimum Gasteiger partial charge on any atom is -0.481 e. The zero-order valence-electron chi connectivity index (χ0n) is 18.8. The average molecular weight is 478 g/mol. The molecule has 0 fully saturated rings. The number of nitrogens with zero attached hydrogens (tertiary/aromatic N) is 1. The third kappa shape index (κ3) is 5.37. The first kappa shape index (κ1) is 23.7. The summed E-state index contributed by atoms with van der Waals surface area (Å²) in [6, 6.07) is 12.4. The molecule has 1 atom stereocenters. The summed E-state index contributed by atoms with van der Waals surface area (Å²) in [5.74, 6) is -2.53. The number of nitrogens with one attached hydrogen (secondary N) is 3. The molecule has 0 bridgehead atoms. The third-order valence-electron chi connectivity index (χ3n) is 5.61. The van der Waals surface area contributed by atoms with Gasteiger partial charge in [0.1, 0.15) is 17.7 Å². The molecule has 10 heteroatoms. The summed E-state index contributed by atoms with van der Waals surface area (Å²) in [6.07, 6.45) is -0.535. The van der Waals surface area contributed by atoms with Crippen molar-refractivity contribution in [2.45, 2.75) is 32.4 Å². The molecule has 9 nitrogen and oxygen atoms in total. The van der Waals surface area contributed by atoms with Gasteiger partial charge in [0, 0.05) is 18.7 Å². The largest absolute Gasteiger partial charge is 0.481 e. The second kappa shape index (κ2) is 9.80. The molecular formula is C25H23FN4O5. The lowest BCUT2D eigenvalue weighted by Gasteiger charge is -2.16. The van der Waals surface area contributed by atoms with Crippen LogP contribution in [0.4, 0.5) is 15.8 Å². The Morgan fingerprint density at radius 2 is 1.89 bits per heavy atom. The fraction of sp³-hybridized carbons (Fsp3) is 0.200. The van der Waals surface area contributed by atoms with Gasteiger partial charge in [-0.05, 0) is 60.0 Å². The lowest BCUT2D eigenvalue weighted by atomic mass is 10.0. The number of H-pyrrole nitrogens is 1. The molecule has 180 valence electrons. The number of aromatic amines is 1. The van der Waals surface area contributed by atoms with Crippen molar-refractivity contribution in [1.82, 2.24) is 9.97 Å². The van der Waals surface area contributed by atoms with E-state index in [-0.39, 0.29) is 24.1 Å². The molecule has 0 saturated heterocycles. The Bertz CT molecular complexity index is 1500. The molecule has 0 unspecified atom stereocenters. The van der Waals surface area contributed by atoms with E-state index in [9.17, 15) is 23.9 Å². The third-order valence-corrected chi connectivity index (χ3v) is 5.61. The number of rotatable bonds is 9. The number of carboxylic acids is 2. The fourth-order valence-corrected chi connectivity index (χ4v) is 3.89. The van der Waals surface area contributed by atoms with Gasteiger partial charge < -0.3 is 25.8 Å². The zero-order chi connectivity index (χ0) is 25.1. The smallest absolute Gasteiger partial charge is 0.326 e. The Labute approximate surface area is 198 Å². The highest BCUT2D eigenvalue weighted by atomic mass is 19.1. The summed E-state index contributed by atoms with van der Waals surface area (Å²) in [5, 5.41) is 25.9. The van der Waals surface area contributed by atoms with Gasteiger partial charge in [0.15, 0.2) is 0 Å². The number of aromatic nitrogens is 2. The maximum atomic E-state index is 14.6. The number of hydrogen-bond acceptors (Lipinski definition) is 6. The van der Waals surface area contributed by atoms with E-state index < -0.39 is 23.8 Å². The van der Waals surface area contributed by atoms with Crippen LogP contribution in [0.2, 0.25) is 0 Å². The molecule has 3 aromatic carbocycles. The average Bonchev–Trinajstić information content (AvgIpc) is 2.80. The van der Waals surface area contributed by atoms with E-state index in [1.54, 1.807) is 13.0 Å². The van der Waals surface area contributed by atoms with Crippen molar-refractivity contribution in [3.63, 3.8) is 0 Å². The predicted molar refractivity (Wildman–Crippen MR) is 130 cm³/mol. The summed E-state index contributed by atoms with van der Waals surface area (Å²) < 4.78 is 14.6. The molecule has 0 saturated carbocycles. The van der Waals surface area contributed by atoms with Crippen LogP contribution in [-0.2, 0) is 16.1 Å². The molecule has 0 aliphatic heterocycles. The van der Waals surface area contributed by atoms with E-state index in [4.69, 9.17) is 5.11 Å². The number of anilines is 2. The molecule has 1 heterocycles. The molecule has 1 aromatic heterocycles. The number of aliphatic carboxylic acids is 2. The fourth-order valence-electron chi connectivity index (χ4n) is 3.89. The maximum absolute atomic E-state index is 14.6. The molecule has 0 amide bonds. The Kier molecular flexibility index (Phi) is 6.63. The second-order valence-corrected chi connectivity index (χ2v) is 8.18. The molecule has 35 heavy (non-hydrogen) atoms. The van der Waals surface area contributed by atoms with Crippen LogP contribution >= 0.6 is 0 Å². The van der Waals surface area contributed by atoms with Gasteiger partial charge in [0.2, 0.25) is 0 Å². The van der Waals surface area contributed by atoms with Crippen LogP contribution in [0.25, 0.3) is 21.7 Å². The van der Waals surface area contributed by atoms with Gasteiger partial charge in [-0.3, -0.25) is 9.59 Å². The Balaban J connectivity index is 1.51. The van der Waals surface area contributed by atoms with Crippen molar-refractivity contribution < 1.29 is 24.2 Å². The van der Waals surface area contributed by atoms with E-state index in [1.165, 1.54) is 12.1 Å². The van der Waals surface area contributed by atoms with Crippen molar-refractivity contribution in [1.29, 1.82) is 0 Å². The summed E-state index contributed by atoms with van der Waals surface area (Å²) in [4.78, 5) is 41.7. The van der Waals surface area contributed by atoms with E-state index in [1.807, 2.05) is 30.3 Å². The monoisotopic (exact) mass is 478 g/mol. The molecular weight excluding hydrogens is 455 g/mol. The Morgan fingerprint density at radius 1 is 1.11 bits per heavy atom. The summed E-state index contributed by atoms with van der Waals surface area (Å²) in [5.41, 5.74) is 1.70. The van der Waals surface area contributed by atoms with Crippen LogP contribution < -0.4 is 16.2 Å². The molecule has 0 aliphatic rings. The van der Waals surface area contributed by atoms with Crippen LogP contribution in [0.1, 0.15) is 24.2 Å². The second-order valence-electron chi connectivity index (χ2n) is 8.18. The molecule has 4 aromatic rings. The van der Waals surface area contributed by atoms with Gasteiger partial charge in [-0.25, -0.2) is 14.2 Å². The van der Waals surface area contributed by atoms with Crippen LogP contribution in [-0.4, -0.2) is 38.2 Å². The Hall–Kier alpha value is -4.47. The zero-order valence-corrected chi connectivity index (χ0v) is 18.8. The van der Waals surface area contributed by atoms with E-state index >= 15 is 0 Å². The first-order valence-electron chi connectivity index (χ1n) is 10.9. The van der Waals surface area contributed by atoms with Crippen molar-refractivity contribution in [2.24, 2.45) is 0 Å². The summed E-state index contributed by atoms with van der Waals surface area (Å²) >= 11 is 0. The van der Waals surface area contributed by atoms with Crippen LogP contribution in [0.15, 0.2) is 53.3 Å². The molecule has 5 N–H and O–H groups in total. The molecule has 0 spiro atoms. The van der Waals surface area contributed by atoms with Gasteiger partial charge in [-0.15, -0.1) is 0 Å². The minimum atomic E-state index is -1.26. The van der Waals surface area contributed by atoms with E-state index in [0.717, 1.165) is 16.3 Å². The summed E-state index contributed by atoms with van der Waals surface area (Å²) in [7, 11) is 0. The molecule has 4 rings (SSSR count). The van der Waals surface area contributed by atoms with Crippen LogP contribution in [0.5, 0.6) is 0 Å². The van der Waals surface area contributed by atoms with Crippen molar-refractivity contribution in [2.75, 3.05) is 10.6 Å². The van der Waals surface area contributed by atoms with Crippen molar-refractivity contribution in [3.05, 3.63) is 76.1 Å². The first-order chi connectivity index (χ1) is 16.7. The highest BCUT2D eigenvalue weighted by molar-refractivity contribution is 6.05. The number of carboxylic acid groups (broad SMARTS) is 2. The molecule has 0 radical (unpaired) electrons. The number of benzene rings is 3. The highest BCUT2D eigenvalue weighted by Gasteiger charge is 2.20. The maximum Gasteiger partial charge on any atom is 0.326 e. The Morgan fingerprint density at radius 3 is 2.60 bits per heavy atom. The number of halogens is 1. The number of hydrogen-bond donors (Lipinski definition) is 5. The number of carbonyl (C=O) groups is 2. The van der Waals surface area contributed by atoms with Gasteiger partial charge in [-0.1, -0.05) is 18.2 Å². The first-order valence-corrected chi connectivity index (χ1v) is 10.9. The minimum absolute atomic E-state index is 0.0347. The quantitative estimate of drug-likeness (QED) is 0.228. The standard InChI is InChI=1S/C25H23FN4O5/c1-13-28-20-6-4-15-3-2-14(10-17(15)23(20)24(33)29-13)12-27-16-5-7-19(18(26)11-16)30-21(25(34)35)8-9-22(31)32/h2-7,10-11,21,27,30H,8-9,12H2,1H3,(H,31,32)(H,34,35)(H,28,29,33)/t21-/m0/s1. The van der Waals surface area contributed by atoms with Gasteiger partial charge in [-0.2, -0.15) is 0 Å². The lowest BCUT2D eigenvalue weighted by Crippen LogP contribution is -2.30. The van der Waals surface area contributed by atoms with Crippen molar-refractivity contribution in [3.8, 4) is 0 Å². The topological polar surface area (TPSA) is 144 Å². The molecule has 0 aliphatic carbocycles. The highest BCUT2D eigenvalue weighted by Crippen LogP contribution is 2.25. The van der Waals surface area contributed by atoms with Crippen molar-refractivity contribution >= 4 is 45.0 Å². The van der Waals surface area contributed by atoms with Gasteiger partial charge >= 0.3 is 11.9 Å². The SMILES string of the molecule is Cc1nc2ccc3ccc(CNc4ccc(N[C@@H](CCC(=O)O)C(=O)O)c(F)c4)cc3c2c(=O)[nH]1. The summed E-state index contributed by atoms with van der Waals surface area (Å²) in [6.45, 7) is 2.08. The number of fused-ring (bicyclic) bond motifs is 3. The normalized spacial score (nSPS) is 11.9.